The molecule has 4 nitrogen and oxygen atoms in total. The number of nitrogens with one attached hydrogen (secondary N) is 2. The van der Waals surface area contributed by atoms with Gasteiger partial charge in [0.25, 0.3) is 0 Å². The highest BCUT2D eigenvalue weighted by Gasteiger charge is 2.02. The lowest BCUT2D eigenvalue weighted by atomic mass is 10.1. The molecule has 1 rings (SSSR count). The zero-order valence-corrected chi connectivity index (χ0v) is 18.3. The van der Waals surface area contributed by atoms with E-state index >= 15 is 0 Å². The van der Waals surface area contributed by atoms with Gasteiger partial charge in [0.15, 0.2) is 5.96 Å². The molecular formula is C19H35IN4. The van der Waals surface area contributed by atoms with Crippen molar-refractivity contribution in [1.29, 1.82) is 0 Å². The zero-order valence-electron chi connectivity index (χ0n) is 16.0. The third-order valence-electron chi connectivity index (χ3n) is 4.26. The van der Waals surface area contributed by atoms with Crippen molar-refractivity contribution in [2.45, 2.75) is 47.1 Å². The summed E-state index contributed by atoms with van der Waals surface area (Å²) in [7, 11) is 1.83. The molecule has 0 heterocycles. The molecule has 2 N–H and O–H groups in total. The average molecular weight is 446 g/mol. The minimum Gasteiger partial charge on any atom is -0.356 e. The predicted octanol–water partition coefficient (Wildman–Crippen LogP) is 3.71. The summed E-state index contributed by atoms with van der Waals surface area (Å²) in [6.45, 7) is 14.0. The standard InChI is InChI=1S/C19H34N4.HI/c1-6-23(7-2)13-9-8-12-21-19(20-5)22-15-18-11-10-16(3)14-17(18)4;/h10-11,14H,6-9,12-13,15H2,1-5H3,(H2,20,21,22);1H. The second kappa shape index (κ2) is 13.5. The topological polar surface area (TPSA) is 39.7 Å². The number of nitrogens with zero attached hydrogens (tertiary/aromatic N) is 2. The zero-order chi connectivity index (χ0) is 17.1. The van der Waals surface area contributed by atoms with Crippen LogP contribution >= 0.6 is 24.0 Å². The molecule has 0 amide bonds. The van der Waals surface area contributed by atoms with Crippen LogP contribution in [0.2, 0.25) is 0 Å². The number of aliphatic imine (C=N–C) groups is 1. The minimum atomic E-state index is 0. The Hall–Kier alpha value is -0.820. The average Bonchev–Trinajstić information content (AvgIpc) is 2.55. The number of unbranched alkanes of at least 4 members (excludes halogenated alkanes) is 1. The van der Waals surface area contributed by atoms with Crippen LogP contribution in [0.5, 0.6) is 0 Å². The molecule has 0 saturated carbocycles. The Bertz CT molecular complexity index is 484. The normalized spacial score (nSPS) is 11.3. The molecule has 0 aliphatic heterocycles. The Morgan fingerprint density at radius 1 is 1.08 bits per heavy atom. The summed E-state index contributed by atoms with van der Waals surface area (Å²) in [6.07, 6.45) is 2.39. The van der Waals surface area contributed by atoms with E-state index in [1.54, 1.807) is 0 Å². The van der Waals surface area contributed by atoms with Gasteiger partial charge in [-0.2, -0.15) is 0 Å². The minimum absolute atomic E-state index is 0. The summed E-state index contributed by atoms with van der Waals surface area (Å²) in [4.78, 5) is 6.76. The summed E-state index contributed by atoms with van der Waals surface area (Å²) in [5.41, 5.74) is 3.95. The number of aryl methyl sites for hydroxylation is 2. The van der Waals surface area contributed by atoms with E-state index in [1.807, 2.05) is 7.05 Å². The molecule has 0 atom stereocenters. The monoisotopic (exact) mass is 446 g/mol. The SMILES string of the molecule is CCN(CC)CCCCNC(=NC)NCc1ccc(C)cc1C.I. The number of halogens is 1. The molecule has 0 fully saturated rings. The van der Waals surface area contributed by atoms with Crippen LogP contribution in [0.3, 0.4) is 0 Å². The van der Waals surface area contributed by atoms with Crippen molar-refractivity contribution in [3.63, 3.8) is 0 Å². The molecule has 1 aromatic rings. The molecule has 0 aromatic heterocycles. The molecule has 0 aliphatic rings. The second-order valence-electron chi connectivity index (χ2n) is 6.02. The summed E-state index contributed by atoms with van der Waals surface area (Å²) in [6, 6.07) is 6.57. The van der Waals surface area contributed by atoms with Crippen molar-refractivity contribution in [3.05, 3.63) is 34.9 Å². The molecule has 0 aliphatic carbocycles. The van der Waals surface area contributed by atoms with E-state index in [9.17, 15) is 0 Å². The van der Waals surface area contributed by atoms with Gasteiger partial charge in [-0.05, 0) is 57.5 Å². The van der Waals surface area contributed by atoms with E-state index in [4.69, 9.17) is 0 Å². The highest BCUT2D eigenvalue weighted by molar-refractivity contribution is 14.0. The summed E-state index contributed by atoms with van der Waals surface area (Å²) in [5, 5.41) is 6.80. The smallest absolute Gasteiger partial charge is 0.191 e. The molecular weight excluding hydrogens is 411 g/mol. The summed E-state index contributed by atoms with van der Waals surface area (Å²) < 4.78 is 0. The molecule has 5 heteroatoms. The van der Waals surface area contributed by atoms with Crippen molar-refractivity contribution >= 4 is 29.9 Å². The van der Waals surface area contributed by atoms with E-state index in [-0.39, 0.29) is 24.0 Å². The molecule has 0 saturated heterocycles. The van der Waals surface area contributed by atoms with Gasteiger partial charge in [-0.15, -0.1) is 24.0 Å². The van der Waals surface area contributed by atoms with Crippen molar-refractivity contribution in [2.24, 2.45) is 4.99 Å². The quantitative estimate of drug-likeness (QED) is 0.263. The first-order valence-electron chi connectivity index (χ1n) is 8.83. The molecule has 138 valence electrons. The van der Waals surface area contributed by atoms with Crippen LogP contribution < -0.4 is 10.6 Å². The Morgan fingerprint density at radius 3 is 2.38 bits per heavy atom. The predicted molar refractivity (Wildman–Crippen MR) is 117 cm³/mol. The highest BCUT2D eigenvalue weighted by Crippen LogP contribution is 2.09. The van der Waals surface area contributed by atoms with Gasteiger partial charge in [-0.25, -0.2) is 0 Å². The summed E-state index contributed by atoms with van der Waals surface area (Å²) >= 11 is 0. The molecule has 0 bridgehead atoms. The van der Waals surface area contributed by atoms with Gasteiger partial charge >= 0.3 is 0 Å². The largest absolute Gasteiger partial charge is 0.356 e. The Balaban J connectivity index is 0.00000529. The molecule has 0 radical (unpaired) electrons. The Morgan fingerprint density at radius 2 is 1.79 bits per heavy atom. The lowest BCUT2D eigenvalue weighted by Gasteiger charge is -2.18. The Labute approximate surface area is 165 Å². The second-order valence-corrected chi connectivity index (χ2v) is 6.02. The first kappa shape index (κ1) is 23.2. The van der Waals surface area contributed by atoms with Crippen LogP contribution in [0.15, 0.2) is 23.2 Å². The first-order chi connectivity index (χ1) is 11.1. The van der Waals surface area contributed by atoms with E-state index in [1.165, 1.54) is 36.1 Å². The Kier molecular flexibility index (Phi) is 13.0. The lowest BCUT2D eigenvalue weighted by Crippen LogP contribution is -2.37. The van der Waals surface area contributed by atoms with E-state index < -0.39 is 0 Å². The maximum absolute atomic E-state index is 4.30. The summed E-state index contributed by atoms with van der Waals surface area (Å²) in [5.74, 6) is 0.882. The van der Waals surface area contributed by atoms with Crippen LogP contribution in [0, 0.1) is 13.8 Å². The van der Waals surface area contributed by atoms with Gasteiger partial charge in [0.2, 0.25) is 0 Å². The number of benzene rings is 1. The van der Waals surface area contributed by atoms with Crippen molar-refractivity contribution in [2.75, 3.05) is 33.2 Å². The molecule has 1 aromatic carbocycles. The maximum atomic E-state index is 4.30. The fraction of sp³-hybridized carbons (Fsp3) is 0.632. The van der Waals surface area contributed by atoms with Crippen LogP contribution in [0.25, 0.3) is 0 Å². The molecule has 24 heavy (non-hydrogen) atoms. The van der Waals surface area contributed by atoms with Crippen LogP contribution in [-0.4, -0.2) is 44.1 Å². The van der Waals surface area contributed by atoms with E-state index in [2.05, 4.69) is 66.4 Å². The van der Waals surface area contributed by atoms with E-state index in [0.29, 0.717) is 0 Å². The van der Waals surface area contributed by atoms with Gasteiger partial charge in [0.05, 0.1) is 0 Å². The van der Waals surface area contributed by atoms with Gasteiger partial charge in [0, 0.05) is 20.1 Å². The van der Waals surface area contributed by atoms with E-state index in [0.717, 1.165) is 32.1 Å². The number of guanidine groups is 1. The lowest BCUT2D eigenvalue weighted by molar-refractivity contribution is 0.297. The molecule has 0 spiro atoms. The highest BCUT2D eigenvalue weighted by atomic mass is 127. The number of rotatable bonds is 9. The third-order valence-corrected chi connectivity index (χ3v) is 4.26. The third kappa shape index (κ3) is 8.87. The van der Waals surface area contributed by atoms with Crippen LogP contribution in [0.4, 0.5) is 0 Å². The van der Waals surface area contributed by atoms with Gasteiger partial charge < -0.3 is 15.5 Å². The first-order valence-corrected chi connectivity index (χ1v) is 8.83. The van der Waals surface area contributed by atoms with Crippen molar-refractivity contribution in [3.8, 4) is 0 Å². The van der Waals surface area contributed by atoms with Crippen LogP contribution in [-0.2, 0) is 6.54 Å². The number of hydrogen-bond acceptors (Lipinski definition) is 2. The fourth-order valence-electron chi connectivity index (χ4n) is 2.65. The van der Waals surface area contributed by atoms with Gasteiger partial charge in [-0.3, -0.25) is 4.99 Å². The number of hydrogen-bond donors (Lipinski definition) is 2. The van der Waals surface area contributed by atoms with Gasteiger partial charge in [-0.1, -0.05) is 37.6 Å². The molecule has 0 unspecified atom stereocenters. The van der Waals surface area contributed by atoms with Gasteiger partial charge in [0.1, 0.15) is 0 Å². The maximum Gasteiger partial charge on any atom is 0.191 e. The fourth-order valence-corrected chi connectivity index (χ4v) is 2.65. The van der Waals surface area contributed by atoms with Crippen LogP contribution in [0.1, 0.15) is 43.4 Å². The van der Waals surface area contributed by atoms with Crippen molar-refractivity contribution in [1.82, 2.24) is 15.5 Å². The van der Waals surface area contributed by atoms with Crippen molar-refractivity contribution < 1.29 is 0 Å².